The van der Waals surface area contributed by atoms with E-state index in [-0.39, 0.29) is 5.54 Å². The molecule has 0 aromatic carbocycles. The average Bonchev–Trinajstić information content (AvgIpc) is 2.25. The molecule has 1 aliphatic carbocycles. The van der Waals surface area contributed by atoms with Crippen molar-refractivity contribution in [1.82, 2.24) is 4.90 Å². The fraction of sp³-hybridized carbons (Fsp3) is 1.00. The molecule has 0 aliphatic heterocycles. The van der Waals surface area contributed by atoms with Gasteiger partial charge >= 0.3 is 0 Å². The Bertz CT molecular complexity index is 260. The Morgan fingerprint density at radius 2 is 1.78 bits per heavy atom. The number of rotatable bonds is 5. The van der Waals surface area contributed by atoms with E-state index in [0.717, 1.165) is 12.5 Å². The van der Waals surface area contributed by atoms with Crippen molar-refractivity contribution in [2.45, 2.75) is 78.3 Å². The second-order valence-electron chi connectivity index (χ2n) is 7.71. The smallest absolute Gasteiger partial charge is 0.0336 e. The lowest BCUT2D eigenvalue weighted by molar-refractivity contribution is -0.000136. The summed E-state index contributed by atoms with van der Waals surface area (Å²) in [5.41, 5.74) is 6.87. The van der Waals surface area contributed by atoms with Gasteiger partial charge in [-0.1, -0.05) is 34.1 Å². The van der Waals surface area contributed by atoms with Gasteiger partial charge in [0, 0.05) is 18.1 Å². The molecule has 1 fully saturated rings. The maximum atomic E-state index is 6.19. The lowest BCUT2D eigenvalue weighted by Gasteiger charge is -2.52. The van der Waals surface area contributed by atoms with Gasteiger partial charge in [-0.05, 0) is 51.0 Å². The molecule has 2 nitrogen and oxygen atoms in total. The minimum absolute atomic E-state index is 0.232. The average molecular weight is 254 g/mol. The minimum Gasteiger partial charge on any atom is -0.329 e. The fourth-order valence-electron chi connectivity index (χ4n) is 3.89. The molecule has 1 saturated carbocycles. The summed E-state index contributed by atoms with van der Waals surface area (Å²) in [6.07, 6.45) is 6.45. The van der Waals surface area contributed by atoms with Gasteiger partial charge in [-0.15, -0.1) is 0 Å². The predicted molar refractivity (Wildman–Crippen MR) is 80.7 cm³/mol. The van der Waals surface area contributed by atoms with Crippen LogP contribution in [0.5, 0.6) is 0 Å². The number of hydrogen-bond acceptors (Lipinski definition) is 2. The summed E-state index contributed by atoms with van der Waals surface area (Å²) in [4.78, 5) is 2.59. The highest BCUT2D eigenvalue weighted by Gasteiger charge is 2.43. The molecule has 0 aromatic rings. The zero-order valence-electron chi connectivity index (χ0n) is 13.4. The zero-order valence-corrected chi connectivity index (χ0v) is 13.4. The van der Waals surface area contributed by atoms with E-state index in [0.29, 0.717) is 11.5 Å². The summed E-state index contributed by atoms with van der Waals surface area (Å²) in [6.45, 7) is 12.6. The van der Waals surface area contributed by atoms with E-state index < -0.39 is 0 Å². The van der Waals surface area contributed by atoms with Crippen LogP contribution in [0.15, 0.2) is 0 Å². The van der Waals surface area contributed by atoms with Gasteiger partial charge in [0.1, 0.15) is 0 Å². The molecule has 0 aromatic heterocycles. The van der Waals surface area contributed by atoms with Crippen LogP contribution in [-0.2, 0) is 0 Å². The van der Waals surface area contributed by atoms with E-state index in [1.54, 1.807) is 0 Å². The fourth-order valence-corrected chi connectivity index (χ4v) is 3.89. The molecular weight excluding hydrogens is 220 g/mol. The van der Waals surface area contributed by atoms with Crippen LogP contribution in [0.1, 0.15) is 66.7 Å². The van der Waals surface area contributed by atoms with E-state index in [4.69, 9.17) is 5.73 Å². The summed E-state index contributed by atoms with van der Waals surface area (Å²) < 4.78 is 0. The van der Waals surface area contributed by atoms with Crippen molar-refractivity contribution in [3.05, 3.63) is 0 Å². The van der Waals surface area contributed by atoms with E-state index in [9.17, 15) is 0 Å². The highest BCUT2D eigenvalue weighted by Crippen LogP contribution is 2.44. The second-order valence-corrected chi connectivity index (χ2v) is 7.71. The van der Waals surface area contributed by atoms with Gasteiger partial charge in [-0.2, -0.15) is 0 Å². The molecule has 2 atom stereocenters. The Labute approximate surface area is 114 Å². The molecule has 0 bridgehead atoms. The minimum atomic E-state index is 0.232. The van der Waals surface area contributed by atoms with Crippen molar-refractivity contribution in [2.75, 3.05) is 13.6 Å². The van der Waals surface area contributed by atoms with Crippen molar-refractivity contribution in [2.24, 2.45) is 17.1 Å². The lowest BCUT2D eigenvalue weighted by atomic mass is 9.67. The molecule has 2 heteroatoms. The largest absolute Gasteiger partial charge is 0.329 e. The maximum Gasteiger partial charge on any atom is 0.0336 e. The Kier molecular flexibility index (Phi) is 5.25. The number of hydrogen-bond donors (Lipinski definition) is 1. The monoisotopic (exact) mass is 254 g/mol. The molecular formula is C16H34N2. The van der Waals surface area contributed by atoms with E-state index in [2.05, 4.69) is 46.6 Å². The summed E-state index contributed by atoms with van der Waals surface area (Å²) in [5.74, 6) is 0.758. The standard InChI is InChI=1S/C16H34N2/c1-13(2)10-14(3)18(6)16(12-17)9-7-8-15(4,5)11-16/h13-14H,7-12,17H2,1-6H3. The molecule has 0 heterocycles. The predicted octanol–water partition coefficient (Wildman–Crippen LogP) is 3.65. The summed E-state index contributed by atoms with van der Waals surface area (Å²) in [6, 6.07) is 0.627. The molecule has 18 heavy (non-hydrogen) atoms. The molecule has 0 radical (unpaired) electrons. The van der Waals surface area contributed by atoms with Crippen LogP contribution in [0.2, 0.25) is 0 Å². The van der Waals surface area contributed by atoms with Crippen LogP contribution in [0.25, 0.3) is 0 Å². The van der Waals surface area contributed by atoms with E-state index in [1.807, 2.05) is 0 Å². The van der Waals surface area contributed by atoms with Gasteiger partial charge in [0.25, 0.3) is 0 Å². The lowest BCUT2D eigenvalue weighted by Crippen LogP contribution is -2.58. The van der Waals surface area contributed by atoms with Gasteiger partial charge in [-0.25, -0.2) is 0 Å². The van der Waals surface area contributed by atoms with Crippen molar-refractivity contribution >= 4 is 0 Å². The first kappa shape index (κ1) is 16.0. The number of nitrogens with two attached hydrogens (primary N) is 1. The summed E-state index contributed by atoms with van der Waals surface area (Å²) >= 11 is 0. The molecule has 2 unspecified atom stereocenters. The first-order chi connectivity index (χ1) is 8.22. The Morgan fingerprint density at radius 1 is 1.17 bits per heavy atom. The topological polar surface area (TPSA) is 29.3 Å². The van der Waals surface area contributed by atoms with E-state index in [1.165, 1.54) is 32.1 Å². The summed E-state index contributed by atoms with van der Waals surface area (Å²) in [5, 5.41) is 0. The van der Waals surface area contributed by atoms with Crippen LogP contribution >= 0.6 is 0 Å². The third kappa shape index (κ3) is 3.71. The molecule has 0 spiro atoms. The third-order valence-corrected chi connectivity index (χ3v) is 4.91. The highest BCUT2D eigenvalue weighted by molar-refractivity contribution is 4.99. The van der Waals surface area contributed by atoms with Crippen LogP contribution in [0, 0.1) is 11.3 Å². The Balaban J connectivity index is 2.80. The second kappa shape index (κ2) is 5.92. The zero-order chi connectivity index (χ0) is 14.0. The first-order valence-electron chi connectivity index (χ1n) is 7.65. The third-order valence-electron chi connectivity index (χ3n) is 4.91. The van der Waals surface area contributed by atoms with E-state index >= 15 is 0 Å². The normalized spacial score (nSPS) is 29.8. The quantitative estimate of drug-likeness (QED) is 0.811. The van der Waals surface area contributed by atoms with Crippen molar-refractivity contribution in [1.29, 1.82) is 0 Å². The first-order valence-corrected chi connectivity index (χ1v) is 7.65. The van der Waals surface area contributed by atoms with Crippen LogP contribution in [0.4, 0.5) is 0 Å². The highest BCUT2D eigenvalue weighted by atomic mass is 15.2. The van der Waals surface area contributed by atoms with Crippen molar-refractivity contribution < 1.29 is 0 Å². The molecule has 2 N–H and O–H groups in total. The molecule has 0 saturated heterocycles. The van der Waals surface area contributed by atoms with Gasteiger partial charge in [0.2, 0.25) is 0 Å². The molecule has 108 valence electrons. The number of nitrogens with zero attached hydrogens (tertiary/aromatic N) is 1. The Hall–Kier alpha value is -0.0800. The van der Waals surface area contributed by atoms with Gasteiger partial charge < -0.3 is 5.73 Å². The Morgan fingerprint density at radius 3 is 2.22 bits per heavy atom. The van der Waals surface area contributed by atoms with Crippen molar-refractivity contribution in [3.8, 4) is 0 Å². The van der Waals surface area contributed by atoms with Crippen LogP contribution in [-0.4, -0.2) is 30.1 Å². The van der Waals surface area contributed by atoms with Crippen LogP contribution < -0.4 is 5.73 Å². The van der Waals surface area contributed by atoms with Crippen molar-refractivity contribution in [3.63, 3.8) is 0 Å². The molecule has 1 rings (SSSR count). The number of likely N-dealkylation sites (N-methyl/N-ethyl adjacent to an activating group) is 1. The van der Waals surface area contributed by atoms with Gasteiger partial charge in [0.05, 0.1) is 0 Å². The van der Waals surface area contributed by atoms with Crippen LogP contribution in [0.3, 0.4) is 0 Å². The van der Waals surface area contributed by atoms with Gasteiger partial charge in [-0.3, -0.25) is 4.90 Å². The SMILES string of the molecule is CC(C)CC(C)N(C)C1(CN)CCCC(C)(C)C1. The summed E-state index contributed by atoms with van der Waals surface area (Å²) in [7, 11) is 2.29. The maximum absolute atomic E-state index is 6.19. The van der Waals surface area contributed by atoms with Gasteiger partial charge in [0.15, 0.2) is 0 Å². The molecule has 1 aliphatic rings. The molecule has 0 amide bonds.